The largest absolute Gasteiger partial charge is 0.481 e. The number of rotatable bonds is 1. The van der Waals surface area contributed by atoms with Crippen molar-refractivity contribution in [3.05, 3.63) is 11.6 Å². The van der Waals surface area contributed by atoms with Crippen LogP contribution in [0.15, 0.2) is 11.6 Å². The van der Waals surface area contributed by atoms with Gasteiger partial charge in [-0.3, -0.25) is 9.59 Å². The Morgan fingerprint density at radius 1 is 0.914 bits per heavy atom. The fourth-order valence-corrected chi connectivity index (χ4v) is 10.4. The summed E-state index contributed by atoms with van der Waals surface area (Å²) in [6.45, 7) is 15.8. The Bertz CT molecular complexity index is 971. The van der Waals surface area contributed by atoms with Crippen LogP contribution in [0.3, 0.4) is 0 Å². The second-order valence-electron chi connectivity index (χ2n) is 14.9. The van der Waals surface area contributed by atoms with E-state index in [1.54, 1.807) is 0 Å². The van der Waals surface area contributed by atoms with Crippen molar-refractivity contribution in [3.8, 4) is 0 Å². The van der Waals surface area contributed by atoms with E-state index >= 15 is 0 Å². The molecule has 0 aromatic carbocycles. The number of carboxylic acids is 1. The van der Waals surface area contributed by atoms with Crippen molar-refractivity contribution in [3.63, 3.8) is 0 Å². The first kappa shape index (κ1) is 27.5. The summed E-state index contributed by atoms with van der Waals surface area (Å²) in [7, 11) is 0. The third-order valence-electron chi connectivity index (χ3n) is 13.1. The van der Waals surface area contributed by atoms with Crippen LogP contribution in [-0.2, 0) is 29.1 Å². The zero-order valence-electron chi connectivity index (χ0n) is 23.2. The van der Waals surface area contributed by atoms with Gasteiger partial charge in [0.1, 0.15) is 0 Å². The maximum atomic E-state index is 14.2. The molecule has 0 aromatic rings. The van der Waals surface area contributed by atoms with E-state index in [2.05, 4.69) is 41.5 Å². The molecule has 0 aromatic heterocycles. The number of fused-ring (bicyclic) bond motifs is 7. The monoisotopic (exact) mass is 534 g/mol. The normalized spacial score (nSPS) is 52.6. The number of aliphatic carboxylic acids is 1. The van der Waals surface area contributed by atoms with Crippen molar-refractivity contribution in [1.82, 2.24) is 0 Å². The summed E-state index contributed by atoms with van der Waals surface area (Å²) in [4.78, 5) is 26.4. The number of carboxylic acid groups (broad SMARTS) is 1. The Labute approximate surface area is 224 Å². The summed E-state index contributed by atoms with van der Waals surface area (Å²) in [5, 5.41) is 20.9. The molecule has 0 spiro atoms. The number of allylic oxidation sites excluding steroid dienone is 2. The predicted molar refractivity (Wildman–Crippen MR) is 133 cm³/mol. The van der Waals surface area contributed by atoms with Crippen LogP contribution in [0.25, 0.3) is 0 Å². The molecule has 5 aliphatic carbocycles. The molecule has 0 amide bonds. The van der Waals surface area contributed by atoms with E-state index in [0.29, 0.717) is 12.3 Å². The Morgan fingerprint density at radius 3 is 2.17 bits per heavy atom. The van der Waals surface area contributed by atoms with Crippen molar-refractivity contribution in [1.29, 1.82) is 0 Å². The maximum absolute atomic E-state index is 14.2. The standard InChI is InChI=1S/C30H46O4.Zn/c1-25(2)21-8-11-30(7)23(28(21,5)10-9-22(25)32)20(31)16-18-19-17-27(4,24(33)34)13-12-26(19,3)14-15-29(18,30)6;/h16,19,21-23,32H,8-15,17H2,1-7H3,(H,33,34);/t19-,21-,22-,23+,26+,27-,28-,29+,30+;/m0./s1. The van der Waals surface area contributed by atoms with E-state index < -0.39 is 11.4 Å². The van der Waals surface area contributed by atoms with E-state index in [-0.39, 0.29) is 70.3 Å². The average molecular weight is 536 g/mol. The molecular formula is C30H46O4Zn. The molecule has 0 bridgehead atoms. The van der Waals surface area contributed by atoms with Crippen molar-refractivity contribution in [2.75, 3.05) is 0 Å². The molecule has 0 aliphatic heterocycles. The molecule has 35 heavy (non-hydrogen) atoms. The number of aliphatic hydroxyl groups excluding tert-OH is 1. The minimum absolute atomic E-state index is 0. The molecule has 4 nitrogen and oxygen atoms in total. The zero-order chi connectivity index (χ0) is 25.1. The summed E-state index contributed by atoms with van der Waals surface area (Å²) < 4.78 is 0. The SMILES string of the molecule is CC1(C)[C@@H](O)CC[C@]2(C)[C@H]3C(=O)C=C4[C@@H]5C[C@@](C)(C(=O)O)CC[C@]5(C)CC[C@@]4(C)[C@]3(C)CC[C@@H]12.[Zn]. The van der Waals surface area contributed by atoms with Gasteiger partial charge in [-0.15, -0.1) is 0 Å². The van der Waals surface area contributed by atoms with Crippen LogP contribution in [-0.4, -0.2) is 28.1 Å². The summed E-state index contributed by atoms with van der Waals surface area (Å²) in [5.41, 5.74) is 0.142. The van der Waals surface area contributed by atoms with Gasteiger partial charge in [-0.1, -0.05) is 47.1 Å². The van der Waals surface area contributed by atoms with E-state index in [0.717, 1.165) is 51.4 Å². The zero-order valence-corrected chi connectivity index (χ0v) is 26.1. The summed E-state index contributed by atoms with van der Waals surface area (Å²) in [6, 6.07) is 0. The molecule has 0 radical (unpaired) electrons. The van der Waals surface area contributed by atoms with E-state index in [1.165, 1.54) is 5.57 Å². The van der Waals surface area contributed by atoms with Crippen LogP contribution in [0.2, 0.25) is 0 Å². The van der Waals surface area contributed by atoms with Crippen molar-refractivity contribution < 1.29 is 39.3 Å². The van der Waals surface area contributed by atoms with Crippen LogP contribution < -0.4 is 0 Å². The van der Waals surface area contributed by atoms with Crippen molar-refractivity contribution in [2.24, 2.45) is 50.2 Å². The van der Waals surface area contributed by atoms with Crippen molar-refractivity contribution in [2.45, 2.75) is 112 Å². The Kier molecular flexibility index (Phi) is 6.27. The molecule has 0 unspecified atom stereocenters. The molecule has 0 heterocycles. The molecule has 4 fully saturated rings. The van der Waals surface area contributed by atoms with Gasteiger partial charge in [-0.25, -0.2) is 0 Å². The fraction of sp³-hybridized carbons (Fsp3) is 0.867. The average Bonchev–Trinajstić information content (AvgIpc) is 2.73. The molecule has 0 saturated heterocycles. The van der Waals surface area contributed by atoms with Gasteiger partial charge in [0.15, 0.2) is 5.78 Å². The second kappa shape index (κ2) is 7.98. The third kappa shape index (κ3) is 3.35. The molecule has 5 heteroatoms. The minimum atomic E-state index is -0.711. The maximum Gasteiger partial charge on any atom is 0.309 e. The topological polar surface area (TPSA) is 74.6 Å². The van der Waals surface area contributed by atoms with Gasteiger partial charge >= 0.3 is 5.97 Å². The third-order valence-corrected chi connectivity index (χ3v) is 13.1. The number of hydrogen-bond donors (Lipinski definition) is 2. The smallest absolute Gasteiger partial charge is 0.309 e. The van der Waals surface area contributed by atoms with Gasteiger partial charge in [0, 0.05) is 25.4 Å². The van der Waals surface area contributed by atoms with Crippen molar-refractivity contribution >= 4 is 11.8 Å². The fourth-order valence-electron chi connectivity index (χ4n) is 10.4. The Morgan fingerprint density at radius 2 is 1.54 bits per heavy atom. The van der Waals surface area contributed by atoms with Gasteiger partial charge in [0.25, 0.3) is 0 Å². The van der Waals surface area contributed by atoms with Crippen LogP contribution in [0.1, 0.15) is 106 Å². The number of hydrogen-bond acceptors (Lipinski definition) is 3. The molecule has 2 N–H and O–H groups in total. The quantitative estimate of drug-likeness (QED) is 0.380. The first-order valence-corrected chi connectivity index (χ1v) is 13.7. The number of carbonyl (C=O) groups is 2. The van der Waals surface area contributed by atoms with Gasteiger partial charge in [-0.05, 0) is 110 Å². The number of aliphatic hydroxyl groups is 1. The molecule has 5 aliphatic rings. The second-order valence-corrected chi connectivity index (χ2v) is 14.9. The van der Waals surface area contributed by atoms with E-state index in [9.17, 15) is 19.8 Å². The van der Waals surface area contributed by atoms with Gasteiger partial charge in [0.2, 0.25) is 0 Å². The van der Waals surface area contributed by atoms with Gasteiger partial charge in [0.05, 0.1) is 11.5 Å². The molecular weight excluding hydrogens is 490 g/mol. The number of ketones is 1. The van der Waals surface area contributed by atoms with Gasteiger partial charge in [-0.2, -0.15) is 0 Å². The first-order valence-electron chi connectivity index (χ1n) is 13.7. The van der Waals surface area contributed by atoms with Crippen LogP contribution in [0.4, 0.5) is 0 Å². The molecule has 5 rings (SSSR count). The van der Waals surface area contributed by atoms with E-state index in [1.807, 2.05) is 13.0 Å². The summed E-state index contributed by atoms with van der Waals surface area (Å²) in [6.07, 6.45) is 9.95. The molecule has 192 valence electrons. The summed E-state index contributed by atoms with van der Waals surface area (Å²) in [5.74, 6) is 0.0603. The van der Waals surface area contributed by atoms with Crippen LogP contribution in [0.5, 0.6) is 0 Å². The number of carbonyl (C=O) groups excluding carboxylic acids is 1. The Hall–Kier alpha value is -0.537. The van der Waals surface area contributed by atoms with Crippen LogP contribution in [0, 0.1) is 50.2 Å². The predicted octanol–water partition coefficient (Wildman–Crippen LogP) is 6.41. The minimum Gasteiger partial charge on any atom is -0.481 e. The first-order chi connectivity index (χ1) is 15.6. The summed E-state index contributed by atoms with van der Waals surface area (Å²) >= 11 is 0. The van der Waals surface area contributed by atoms with Gasteiger partial charge < -0.3 is 10.2 Å². The van der Waals surface area contributed by atoms with Crippen LogP contribution >= 0.6 is 0 Å². The Balaban J connectivity index is 0.00000289. The molecule has 9 atom stereocenters. The molecule has 4 saturated carbocycles. The van der Waals surface area contributed by atoms with E-state index in [4.69, 9.17) is 0 Å².